The zero-order chi connectivity index (χ0) is 28.8. The maximum absolute atomic E-state index is 13.3. The highest BCUT2D eigenvalue weighted by Crippen LogP contribution is 2.33. The number of aliphatic hydroxyl groups excluding tert-OH is 1. The average Bonchev–Trinajstić information content (AvgIpc) is 3.22. The standard InChI is InChI=1S/C30H41NO8/c1-21(29(36)31-22(2)28(39-30(31)37)24-15-11-10-12-16-24)27(38-23(3)33)26(35)19-18-25(34)17-13-8-6-4-5-7-9-14-20-32/h10-12,15-16,18-19,21-22,27-28,32H,4-9,13-14,17,20H2,1-3H3. The van der Waals surface area contributed by atoms with Crippen LogP contribution in [0.2, 0.25) is 0 Å². The van der Waals surface area contributed by atoms with Gasteiger partial charge in [0, 0.05) is 20.0 Å². The monoisotopic (exact) mass is 543 g/mol. The Morgan fingerprint density at radius 3 is 2.15 bits per heavy atom. The molecule has 1 N–H and O–H groups in total. The normalized spacial score (nSPS) is 18.6. The Bertz CT molecular complexity index is 1010. The summed E-state index contributed by atoms with van der Waals surface area (Å²) in [6.45, 7) is 4.43. The van der Waals surface area contributed by atoms with E-state index >= 15 is 0 Å². The molecule has 4 atom stereocenters. The number of amides is 2. The van der Waals surface area contributed by atoms with Crippen LogP contribution in [0, 0.1) is 5.92 Å². The van der Waals surface area contributed by atoms with E-state index in [0.29, 0.717) is 12.8 Å². The van der Waals surface area contributed by atoms with Crippen molar-refractivity contribution in [3.05, 3.63) is 48.0 Å². The van der Waals surface area contributed by atoms with Gasteiger partial charge in [0.05, 0.1) is 12.0 Å². The minimum Gasteiger partial charge on any atom is -0.453 e. The van der Waals surface area contributed by atoms with E-state index in [1.54, 1.807) is 31.2 Å². The van der Waals surface area contributed by atoms with Crippen molar-refractivity contribution in [3.63, 3.8) is 0 Å². The third kappa shape index (κ3) is 10.1. The molecule has 39 heavy (non-hydrogen) atoms. The van der Waals surface area contributed by atoms with Gasteiger partial charge >= 0.3 is 12.1 Å². The fraction of sp³-hybridized carbons (Fsp3) is 0.567. The van der Waals surface area contributed by atoms with Gasteiger partial charge in [0.15, 0.2) is 17.7 Å². The Hall–Kier alpha value is -3.33. The Kier molecular flexibility index (Phi) is 13.6. The molecule has 1 aliphatic heterocycles. The van der Waals surface area contributed by atoms with Crippen LogP contribution in [0.5, 0.6) is 0 Å². The first-order valence-electron chi connectivity index (χ1n) is 13.8. The number of ether oxygens (including phenoxy) is 2. The van der Waals surface area contributed by atoms with Crippen LogP contribution in [0.25, 0.3) is 0 Å². The number of imide groups is 1. The van der Waals surface area contributed by atoms with Gasteiger partial charge in [0.2, 0.25) is 5.91 Å². The molecule has 0 aliphatic carbocycles. The first-order chi connectivity index (χ1) is 18.7. The highest BCUT2D eigenvalue weighted by atomic mass is 16.6. The van der Waals surface area contributed by atoms with Crippen LogP contribution in [0.15, 0.2) is 42.5 Å². The Balaban J connectivity index is 1.92. The number of unbranched alkanes of at least 4 members (excludes halogenated alkanes) is 7. The van der Waals surface area contributed by atoms with Crippen LogP contribution in [-0.2, 0) is 28.7 Å². The fourth-order valence-electron chi connectivity index (χ4n) is 4.60. The summed E-state index contributed by atoms with van der Waals surface area (Å²) in [4.78, 5) is 63.7. The second-order valence-corrected chi connectivity index (χ2v) is 9.99. The van der Waals surface area contributed by atoms with Gasteiger partial charge in [0.25, 0.3) is 0 Å². The number of carbonyl (C=O) groups excluding carboxylic acids is 5. The van der Waals surface area contributed by atoms with E-state index in [1.807, 2.05) is 6.07 Å². The molecule has 0 aromatic heterocycles. The predicted octanol–water partition coefficient (Wildman–Crippen LogP) is 4.86. The summed E-state index contributed by atoms with van der Waals surface area (Å²) in [6.07, 6.45) is 7.28. The summed E-state index contributed by atoms with van der Waals surface area (Å²) in [5.74, 6) is -3.58. The van der Waals surface area contributed by atoms with Crippen molar-refractivity contribution in [2.45, 2.75) is 96.8 Å². The average molecular weight is 544 g/mol. The predicted molar refractivity (Wildman–Crippen MR) is 144 cm³/mol. The summed E-state index contributed by atoms with van der Waals surface area (Å²) >= 11 is 0. The number of rotatable bonds is 17. The maximum atomic E-state index is 13.3. The first kappa shape index (κ1) is 31.9. The van der Waals surface area contributed by atoms with Gasteiger partial charge in [-0.05, 0) is 44.4 Å². The number of carbonyl (C=O) groups is 5. The number of benzene rings is 1. The van der Waals surface area contributed by atoms with Gasteiger partial charge in [-0.3, -0.25) is 19.2 Å². The largest absolute Gasteiger partial charge is 0.453 e. The van der Waals surface area contributed by atoms with Crippen molar-refractivity contribution < 1.29 is 38.6 Å². The summed E-state index contributed by atoms with van der Waals surface area (Å²) in [7, 11) is 0. The molecular formula is C30H41NO8. The zero-order valence-corrected chi connectivity index (χ0v) is 23.2. The minimum absolute atomic E-state index is 0.228. The number of allylic oxidation sites excluding steroid dienone is 1. The molecule has 1 aromatic carbocycles. The molecule has 1 aliphatic rings. The van der Waals surface area contributed by atoms with E-state index in [4.69, 9.17) is 14.6 Å². The fourth-order valence-corrected chi connectivity index (χ4v) is 4.60. The van der Waals surface area contributed by atoms with Crippen LogP contribution >= 0.6 is 0 Å². The lowest BCUT2D eigenvalue weighted by Crippen LogP contribution is -2.47. The molecule has 1 fully saturated rings. The van der Waals surface area contributed by atoms with Crippen LogP contribution in [0.1, 0.15) is 90.2 Å². The molecule has 0 bridgehead atoms. The molecule has 2 rings (SSSR count). The SMILES string of the molecule is CC(=O)OC(C(=O)C=CC(=O)CCCCCCCCCCO)C(C)C(=O)N1C(=O)OC(c2ccccc2)C1C. The third-order valence-corrected chi connectivity index (χ3v) is 6.82. The van der Waals surface area contributed by atoms with E-state index in [2.05, 4.69) is 0 Å². The number of hydrogen-bond acceptors (Lipinski definition) is 8. The van der Waals surface area contributed by atoms with Crippen LogP contribution in [0.3, 0.4) is 0 Å². The lowest BCUT2D eigenvalue weighted by atomic mass is 9.96. The van der Waals surface area contributed by atoms with Crippen molar-refractivity contribution in [1.82, 2.24) is 4.90 Å². The van der Waals surface area contributed by atoms with Crippen molar-refractivity contribution in [3.8, 4) is 0 Å². The van der Waals surface area contributed by atoms with E-state index in [9.17, 15) is 24.0 Å². The van der Waals surface area contributed by atoms with E-state index < -0.39 is 47.9 Å². The van der Waals surface area contributed by atoms with Crippen molar-refractivity contribution >= 4 is 29.5 Å². The molecule has 1 aromatic rings. The van der Waals surface area contributed by atoms with E-state index in [0.717, 1.165) is 74.5 Å². The third-order valence-electron chi connectivity index (χ3n) is 6.82. The Morgan fingerprint density at radius 2 is 1.56 bits per heavy atom. The molecule has 9 nitrogen and oxygen atoms in total. The maximum Gasteiger partial charge on any atom is 0.417 e. The topological polar surface area (TPSA) is 127 Å². The molecule has 9 heteroatoms. The van der Waals surface area contributed by atoms with Crippen LogP contribution in [-0.4, -0.2) is 58.3 Å². The summed E-state index contributed by atoms with van der Waals surface area (Å²) < 4.78 is 10.6. The van der Waals surface area contributed by atoms with Gasteiger partial charge in [-0.2, -0.15) is 0 Å². The number of cyclic esters (lactones) is 1. The molecular weight excluding hydrogens is 502 g/mol. The smallest absolute Gasteiger partial charge is 0.417 e. The number of nitrogens with zero attached hydrogens (tertiary/aromatic N) is 1. The lowest BCUT2D eigenvalue weighted by molar-refractivity contribution is -0.158. The van der Waals surface area contributed by atoms with E-state index in [1.165, 1.54) is 6.92 Å². The summed E-state index contributed by atoms with van der Waals surface area (Å²) in [5.41, 5.74) is 0.730. The molecule has 1 heterocycles. The van der Waals surface area contributed by atoms with Crippen molar-refractivity contribution in [2.75, 3.05) is 6.61 Å². The molecule has 2 amide bonds. The summed E-state index contributed by atoms with van der Waals surface area (Å²) in [6, 6.07) is 8.37. The Morgan fingerprint density at radius 1 is 0.974 bits per heavy atom. The van der Waals surface area contributed by atoms with Crippen molar-refractivity contribution in [1.29, 1.82) is 0 Å². The van der Waals surface area contributed by atoms with Crippen molar-refractivity contribution in [2.24, 2.45) is 5.92 Å². The molecule has 0 saturated carbocycles. The first-order valence-corrected chi connectivity index (χ1v) is 13.8. The van der Waals surface area contributed by atoms with E-state index in [-0.39, 0.29) is 12.4 Å². The Labute approximate surface area is 230 Å². The number of hydrogen-bond donors (Lipinski definition) is 1. The van der Waals surface area contributed by atoms with Gasteiger partial charge in [-0.25, -0.2) is 9.69 Å². The second-order valence-electron chi connectivity index (χ2n) is 9.99. The van der Waals surface area contributed by atoms with Gasteiger partial charge in [0.1, 0.15) is 6.10 Å². The van der Waals surface area contributed by atoms with Gasteiger partial charge < -0.3 is 14.6 Å². The summed E-state index contributed by atoms with van der Waals surface area (Å²) in [5, 5.41) is 8.78. The molecule has 0 radical (unpaired) electrons. The second kappa shape index (κ2) is 16.6. The highest BCUT2D eigenvalue weighted by molar-refractivity contribution is 6.04. The lowest BCUT2D eigenvalue weighted by Gasteiger charge is -2.26. The number of ketones is 2. The highest BCUT2D eigenvalue weighted by Gasteiger charge is 2.47. The number of esters is 1. The van der Waals surface area contributed by atoms with Crippen LogP contribution < -0.4 is 0 Å². The molecule has 4 unspecified atom stereocenters. The van der Waals surface area contributed by atoms with Crippen LogP contribution in [0.4, 0.5) is 4.79 Å². The molecule has 1 saturated heterocycles. The van der Waals surface area contributed by atoms with Gasteiger partial charge in [-0.15, -0.1) is 0 Å². The molecule has 0 spiro atoms. The molecule has 214 valence electrons. The van der Waals surface area contributed by atoms with Gasteiger partial charge in [-0.1, -0.05) is 68.9 Å². The number of aliphatic hydroxyl groups is 1. The quantitative estimate of drug-likeness (QED) is 0.168. The minimum atomic E-state index is -1.49. The zero-order valence-electron chi connectivity index (χ0n) is 23.2.